The van der Waals surface area contributed by atoms with E-state index in [1.54, 1.807) is 30.8 Å². The van der Waals surface area contributed by atoms with Crippen LogP contribution in [0.15, 0.2) is 41.0 Å². The molecule has 7 nitrogen and oxygen atoms in total. The number of hydrogen-bond acceptors (Lipinski definition) is 8. The molecule has 1 fully saturated rings. The summed E-state index contributed by atoms with van der Waals surface area (Å²) in [6.45, 7) is 0. The number of benzene rings is 1. The molecule has 4 rings (SSSR count). The highest BCUT2D eigenvalue weighted by molar-refractivity contribution is 8.01. The summed E-state index contributed by atoms with van der Waals surface area (Å²) >= 11 is 3.12. The number of nitrogens with zero attached hydrogens (tertiary/aromatic N) is 3. The standard InChI is InChI=1S/C20H22N4O3S2/c1-26-18-10-21-11-19(24-18)27-14-8-6-13(7-9-14)22-17(25)12-28-20-23-15-4-2-3-5-16(15)29-20/h2-5,10-11,13-14H,6-9,12H2,1H3,(H,22,25). The fourth-order valence-corrected chi connectivity index (χ4v) is 5.17. The van der Waals surface area contributed by atoms with Crippen LogP contribution in [0.25, 0.3) is 10.2 Å². The normalized spacial score (nSPS) is 19.1. The van der Waals surface area contributed by atoms with E-state index in [4.69, 9.17) is 9.47 Å². The number of thiazole rings is 1. The molecule has 0 aliphatic heterocycles. The number of fused-ring (bicyclic) bond motifs is 1. The lowest BCUT2D eigenvalue weighted by atomic mass is 9.93. The van der Waals surface area contributed by atoms with Gasteiger partial charge in [-0.15, -0.1) is 11.3 Å². The number of methoxy groups -OCH3 is 1. The van der Waals surface area contributed by atoms with Gasteiger partial charge in [-0.2, -0.15) is 4.98 Å². The van der Waals surface area contributed by atoms with Crippen LogP contribution in [-0.2, 0) is 4.79 Å². The van der Waals surface area contributed by atoms with E-state index >= 15 is 0 Å². The number of amides is 1. The maximum absolute atomic E-state index is 12.3. The smallest absolute Gasteiger partial charge is 0.235 e. The Hall–Kier alpha value is -2.39. The van der Waals surface area contributed by atoms with Crippen LogP contribution in [0, 0.1) is 0 Å². The van der Waals surface area contributed by atoms with Gasteiger partial charge in [-0.25, -0.2) is 4.98 Å². The summed E-state index contributed by atoms with van der Waals surface area (Å²) < 4.78 is 13.1. The molecule has 1 saturated carbocycles. The Morgan fingerprint density at radius 2 is 1.97 bits per heavy atom. The van der Waals surface area contributed by atoms with Crippen LogP contribution in [0.5, 0.6) is 11.8 Å². The van der Waals surface area contributed by atoms with Gasteiger partial charge in [0.2, 0.25) is 17.7 Å². The van der Waals surface area contributed by atoms with Gasteiger partial charge in [0.1, 0.15) is 6.10 Å². The lowest BCUT2D eigenvalue weighted by Gasteiger charge is -2.29. The van der Waals surface area contributed by atoms with Gasteiger partial charge in [0.25, 0.3) is 0 Å². The molecule has 0 radical (unpaired) electrons. The van der Waals surface area contributed by atoms with Crippen molar-refractivity contribution in [2.24, 2.45) is 0 Å². The second-order valence-electron chi connectivity index (χ2n) is 6.79. The Morgan fingerprint density at radius 1 is 1.17 bits per heavy atom. The molecule has 1 aliphatic rings. The molecule has 1 amide bonds. The predicted molar refractivity (Wildman–Crippen MR) is 114 cm³/mol. The maximum Gasteiger partial charge on any atom is 0.235 e. The molecular formula is C20H22N4O3S2. The minimum Gasteiger partial charge on any atom is -0.480 e. The fraction of sp³-hybridized carbons (Fsp3) is 0.400. The molecule has 2 heterocycles. The van der Waals surface area contributed by atoms with E-state index in [9.17, 15) is 4.79 Å². The van der Waals surface area contributed by atoms with Crippen LogP contribution in [-0.4, -0.2) is 45.9 Å². The van der Waals surface area contributed by atoms with Gasteiger partial charge in [-0.1, -0.05) is 23.9 Å². The second-order valence-corrected chi connectivity index (χ2v) is 9.05. The van der Waals surface area contributed by atoms with Crippen molar-refractivity contribution in [3.63, 3.8) is 0 Å². The summed E-state index contributed by atoms with van der Waals surface area (Å²) in [6, 6.07) is 8.21. The third-order valence-corrected chi connectivity index (χ3v) is 6.91. The van der Waals surface area contributed by atoms with Gasteiger partial charge >= 0.3 is 0 Å². The highest BCUT2D eigenvalue weighted by Crippen LogP contribution is 2.29. The Labute approximate surface area is 177 Å². The molecule has 152 valence electrons. The van der Waals surface area contributed by atoms with E-state index < -0.39 is 0 Å². The predicted octanol–water partition coefficient (Wildman–Crippen LogP) is 3.69. The molecule has 0 atom stereocenters. The number of nitrogens with one attached hydrogen (secondary N) is 1. The maximum atomic E-state index is 12.3. The number of carbonyl (C=O) groups is 1. The van der Waals surface area contributed by atoms with Crippen LogP contribution in [0.3, 0.4) is 0 Å². The SMILES string of the molecule is COc1cncc(OC2CCC(NC(=O)CSc3nc4ccccc4s3)CC2)n1. The highest BCUT2D eigenvalue weighted by Gasteiger charge is 2.24. The lowest BCUT2D eigenvalue weighted by molar-refractivity contribution is -0.119. The van der Waals surface area contributed by atoms with Crippen molar-refractivity contribution >= 4 is 39.2 Å². The van der Waals surface area contributed by atoms with Crippen LogP contribution in [0.2, 0.25) is 0 Å². The Kier molecular flexibility index (Phi) is 6.46. The third kappa shape index (κ3) is 5.36. The van der Waals surface area contributed by atoms with E-state index in [2.05, 4.69) is 26.3 Å². The highest BCUT2D eigenvalue weighted by atomic mass is 32.2. The molecule has 0 saturated heterocycles. The average molecular weight is 431 g/mol. The first-order chi connectivity index (χ1) is 14.2. The molecule has 1 N–H and O–H groups in total. The summed E-state index contributed by atoms with van der Waals surface area (Å²) in [4.78, 5) is 25.2. The topological polar surface area (TPSA) is 86.2 Å². The van der Waals surface area contributed by atoms with Crippen molar-refractivity contribution < 1.29 is 14.3 Å². The molecule has 1 aromatic carbocycles. The number of para-hydroxylation sites is 1. The monoisotopic (exact) mass is 430 g/mol. The summed E-state index contributed by atoms with van der Waals surface area (Å²) in [5, 5.41) is 3.14. The minimum atomic E-state index is 0.0530. The van der Waals surface area contributed by atoms with E-state index in [0.717, 1.165) is 40.2 Å². The second kappa shape index (κ2) is 9.41. The quantitative estimate of drug-likeness (QED) is 0.572. The lowest BCUT2D eigenvalue weighted by Crippen LogP contribution is -2.40. The molecule has 0 spiro atoms. The van der Waals surface area contributed by atoms with Gasteiger partial charge in [-0.3, -0.25) is 9.78 Å². The average Bonchev–Trinajstić information content (AvgIpc) is 3.17. The zero-order chi connectivity index (χ0) is 20.1. The number of hydrogen-bond donors (Lipinski definition) is 1. The largest absolute Gasteiger partial charge is 0.480 e. The van der Waals surface area contributed by atoms with Crippen molar-refractivity contribution in [1.82, 2.24) is 20.3 Å². The number of aromatic nitrogens is 3. The fourth-order valence-electron chi connectivity index (χ4n) is 3.29. The van der Waals surface area contributed by atoms with Gasteiger partial charge in [-0.05, 0) is 37.8 Å². The van der Waals surface area contributed by atoms with Gasteiger partial charge in [0.05, 0.1) is 35.5 Å². The molecule has 0 bridgehead atoms. The van der Waals surface area contributed by atoms with E-state index in [1.807, 2.05) is 18.2 Å². The number of ether oxygens (including phenoxy) is 2. The van der Waals surface area contributed by atoms with Crippen molar-refractivity contribution in [2.75, 3.05) is 12.9 Å². The molecule has 3 aromatic rings. The summed E-state index contributed by atoms with van der Waals surface area (Å²) in [5.74, 6) is 1.35. The molecule has 9 heteroatoms. The number of thioether (sulfide) groups is 1. The summed E-state index contributed by atoms with van der Waals surface area (Å²) in [6.07, 6.45) is 6.74. The van der Waals surface area contributed by atoms with Gasteiger partial charge in [0, 0.05) is 6.04 Å². The van der Waals surface area contributed by atoms with Gasteiger partial charge in [0.15, 0.2) is 4.34 Å². The Morgan fingerprint density at radius 3 is 2.76 bits per heavy atom. The Balaban J connectivity index is 1.20. The zero-order valence-electron chi connectivity index (χ0n) is 16.0. The molecule has 0 unspecified atom stereocenters. The first-order valence-corrected chi connectivity index (χ1v) is 11.3. The molecule has 2 aromatic heterocycles. The summed E-state index contributed by atoms with van der Waals surface area (Å²) in [7, 11) is 1.55. The van der Waals surface area contributed by atoms with E-state index in [0.29, 0.717) is 17.5 Å². The Bertz CT molecular complexity index is 940. The number of carbonyl (C=O) groups excluding carboxylic acids is 1. The van der Waals surface area contributed by atoms with Crippen LogP contribution < -0.4 is 14.8 Å². The van der Waals surface area contributed by atoms with Gasteiger partial charge < -0.3 is 14.8 Å². The minimum absolute atomic E-state index is 0.0530. The van der Waals surface area contributed by atoms with Crippen molar-refractivity contribution in [1.29, 1.82) is 0 Å². The van der Waals surface area contributed by atoms with Crippen molar-refractivity contribution in [2.45, 2.75) is 42.2 Å². The first-order valence-electron chi connectivity index (χ1n) is 9.50. The zero-order valence-corrected chi connectivity index (χ0v) is 17.7. The van der Waals surface area contributed by atoms with E-state index in [-0.39, 0.29) is 18.1 Å². The van der Waals surface area contributed by atoms with Crippen LogP contribution in [0.1, 0.15) is 25.7 Å². The molecule has 1 aliphatic carbocycles. The molecule has 29 heavy (non-hydrogen) atoms. The van der Waals surface area contributed by atoms with Crippen molar-refractivity contribution in [3.8, 4) is 11.8 Å². The summed E-state index contributed by atoms with van der Waals surface area (Å²) in [5.41, 5.74) is 0.986. The van der Waals surface area contributed by atoms with E-state index in [1.165, 1.54) is 11.8 Å². The van der Waals surface area contributed by atoms with Crippen molar-refractivity contribution in [3.05, 3.63) is 36.7 Å². The number of rotatable bonds is 7. The van der Waals surface area contributed by atoms with Crippen LogP contribution >= 0.6 is 23.1 Å². The third-order valence-electron chi connectivity index (χ3n) is 4.73. The van der Waals surface area contributed by atoms with Crippen LogP contribution in [0.4, 0.5) is 0 Å². The molecular weight excluding hydrogens is 408 g/mol. The first kappa shape index (κ1) is 19.9.